The van der Waals surface area contributed by atoms with Gasteiger partial charge >= 0.3 is 0 Å². The fourth-order valence-electron chi connectivity index (χ4n) is 1.91. The predicted molar refractivity (Wildman–Crippen MR) is 69.4 cm³/mol. The van der Waals surface area contributed by atoms with Crippen LogP contribution in [-0.2, 0) is 0 Å². The van der Waals surface area contributed by atoms with Gasteiger partial charge in [0.25, 0.3) is 0 Å². The van der Waals surface area contributed by atoms with Gasteiger partial charge in [-0.3, -0.25) is 0 Å². The van der Waals surface area contributed by atoms with Crippen molar-refractivity contribution in [1.82, 2.24) is 9.55 Å². The molecular weight excluding hydrogens is 243 g/mol. The quantitative estimate of drug-likeness (QED) is 0.720. The van der Waals surface area contributed by atoms with Gasteiger partial charge in [-0.05, 0) is 39.0 Å². The third-order valence-electron chi connectivity index (χ3n) is 2.55. The maximum atomic E-state index is 6.15. The smallest absolute Gasteiger partial charge is 0.127 e. The molecule has 0 amide bonds. The Morgan fingerprint density at radius 2 is 1.94 bits per heavy atom. The average Bonchev–Trinajstić information content (AvgIpc) is 2.55. The van der Waals surface area contributed by atoms with Gasteiger partial charge in [0.15, 0.2) is 0 Å². The lowest BCUT2D eigenvalue weighted by Gasteiger charge is -2.13. The van der Waals surface area contributed by atoms with Gasteiger partial charge in [0.1, 0.15) is 5.82 Å². The molecule has 0 saturated carbocycles. The molecule has 0 bridgehead atoms. The Kier molecular flexibility index (Phi) is 3.13. The van der Waals surface area contributed by atoms with Crippen LogP contribution >= 0.6 is 23.2 Å². The molecule has 0 spiro atoms. The first-order valence-electron chi connectivity index (χ1n) is 5.32. The number of hydrogen-bond acceptors (Lipinski definition) is 1. The Bertz CT molecular complexity index is 515. The molecule has 1 unspecified atom stereocenters. The highest BCUT2D eigenvalue weighted by Gasteiger charge is 2.16. The molecule has 0 aliphatic rings. The van der Waals surface area contributed by atoms with Crippen LogP contribution in [0.4, 0.5) is 0 Å². The monoisotopic (exact) mass is 256 g/mol. The van der Waals surface area contributed by atoms with Gasteiger partial charge in [-0.2, -0.15) is 0 Å². The van der Waals surface area contributed by atoms with Gasteiger partial charge in [-0.15, -0.1) is 11.6 Å². The highest BCUT2D eigenvalue weighted by Crippen LogP contribution is 2.29. The van der Waals surface area contributed by atoms with Crippen LogP contribution in [0.2, 0.25) is 5.02 Å². The minimum Gasteiger partial charge on any atom is -0.324 e. The van der Waals surface area contributed by atoms with Crippen LogP contribution in [0.3, 0.4) is 0 Å². The minimum absolute atomic E-state index is 0.103. The van der Waals surface area contributed by atoms with Gasteiger partial charge in [0.05, 0.1) is 16.4 Å². The van der Waals surface area contributed by atoms with Crippen LogP contribution < -0.4 is 0 Å². The number of rotatable bonds is 2. The van der Waals surface area contributed by atoms with Crippen molar-refractivity contribution in [1.29, 1.82) is 0 Å². The summed E-state index contributed by atoms with van der Waals surface area (Å²) in [5, 5.41) is 0.600. The molecule has 0 aliphatic heterocycles. The zero-order valence-corrected chi connectivity index (χ0v) is 11.0. The Labute approximate surface area is 105 Å². The second-order valence-corrected chi connectivity index (χ2v) is 5.27. The van der Waals surface area contributed by atoms with Gasteiger partial charge in [0.2, 0.25) is 0 Å². The summed E-state index contributed by atoms with van der Waals surface area (Å²) in [4.78, 5) is 4.54. The lowest BCUT2D eigenvalue weighted by Crippen LogP contribution is -2.06. The van der Waals surface area contributed by atoms with Gasteiger partial charge in [-0.1, -0.05) is 11.6 Å². The molecule has 0 N–H and O–H groups in total. The van der Waals surface area contributed by atoms with E-state index in [4.69, 9.17) is 23.2 Å². The third kappa shape index (κ3) is 1.92. The maximum absolute atomic E-state index is 6.15. The topological polar surface area (TPSA) is 17.8 Å². The predicted octanol–water partition coefficient (Wildman–Crippen LogP) is 4.57. The molecule has 0 fully saturated rings. The molecule has 0 aliphatic carbocycles. The van der Waals surface area contributed by atoms with E-state index in [2.05, 4.69) is 23.4 Å². The molecule has 0 radical (unpaired) electrons. The van der Waals surface area contributed by atoms with Crippen LogP contribution in [0, 0.1) is 0 Å². The molecule has 2 nitrogen and oxygen atoms in total. The van der Waals surface area contributed by atoms with Crippen LogP contribution in [0.5, 0.6) is 0 Å². The van der Waals surface area contributed by atoms with Crippen LogP contribution in [0.25, 0.3) is 11.0 Å². The summed E-state index contributed by atoms with van der Waals surface area (Å²) in [5.41, 5.74) is 1.99. The van der Waals surface area contributed by atoms with Gasteiger partial charge in [-0.25, -0.2) is 4.98 Å². The van der Waals surface area contributed by atoms with E-state index in [1.165, 1.54) is 0 Å². The summed E-state index contributed by atoms with van der Waals surface area (Å²) < 4.78 is 2.16. The zero-order valence-electron chi connectivity index (χ0n) is 9.54. The summed E-state index contributed by atoms with van der Waals surface area (Å²) >= 11 is 12.1. The zero-order chi connectivity index (χ0) is 11.9. The van der Waals surface area contributed by atoms with E-state index in [1.54, 1.807) is 0 Å². The minimum atomic E-state index is -0.103. The van der Waals surface area contributed by atoms with E-state index in [-0.39, 0.29) is 5.38 Å². The molecule has 1 aromatic carbocycles. The molecule has 0 saturated heterocycles. The van der Waals surface area contributed by atoms with Crippen molar-refractivity contribution in [3.63, 3.8) is 0 Å². The van der Waals surface area contributed by atoms with Crippen molar-refractivity contribution in [2.45, 2.75) is 32.2 Å². The average molecular weight is 257 g/mol. The Morgan fingerprint density at radius 1 is 1.25 bits per heavy atom. The van der Waals surface area contributed by atoms with Crippen LogP contribution in [0.1, 0.15) is 38.0 Å². The van der Waals surface area contributed by atoms with Gasteiger partial charge in [0, 0.05) is 11.1 Å². The molecule has 2 rings (SSSR count). The Hall–Kier alpha value is -0.730. The number of halogens is 2. The first kappa shape index (κ1) is 11.7. The first-order chi connectivity index (χ1) is 7.50. The SMILES string of the molecule is CC(Cl)c1nc2cc(Cl)ccc2n1C(C)C. The van der Waals surface area contributed by atoms with E-state index < -0.39 is 0 Å². The molecule has 16 heavy (non-hydrogen) atoms. The third-order valence-corrected chi connectivity index (χ3v) is 2.98. The summed E-state index contributed by atoms with van der Waals surface area (Å²) in [6.07, 6.45) is 0. The fraction of sp³-hybridized carbons (Fsp3) is 0.417. The molecule has 1 atom stereocenters. The van der Waals surface area contributed by atoms with Crippen molar-refractivity contribution in [3.05, 3.63) is 29.0 Å². The van der Waals surface area contributed by atoms with E-state index in [9.17, 15) is 0 Å². The molecule has 1 aromatic heterocycles. The maximum Gasteiger partial charge on any atom is 0.127 e. The number of hydrogen-bond donors (Lipinski definition) is 0. The lowest BCUT2D eigenvalue weighted by molar-refractivity contribution is 0.584. The van der Waals surface area contributed by atoms with E-state index in [0.717, 1.165) is 16.9 Å². The number of benzene rings is 1. The molecule has 1 heterocycles. The highest BCUT2D eigenvalue weighted by molar-refractivity contribution is 6.31. The number of alkyl halides is 1. The molecular formula is C12H14Cl2N2. The summed E-state index contributed by atoms with van der Waals surface area (Å²) in [6, 6.07) is 6.08. The first-order valence-corrected chi connectivity index (χ1v) is 6.13. The van der Waals surface area contributed by atoms with Crippen LogP contribution in [-0.4, -0.2) is 9.55 Å². The van der Waals surface area contributed by atoms with E-state index in [1.807, 2.05) is 25.1 Å². The second-order valence-electron chi connectivity index (χ2n) is 4.18. The number of aromatic nitrogens is 2. The summed E-state index contributed by atoms with van der Waals surface area (Å²) in [7, 11) is 0. The van der Waals surface area contributed by atoms with Crippen molar-refractivity contribution in [2.24, 2.45) is 0 Å². The lowest BCUT2D eigenvalue weighted by atomic mass is 10.3. The van der Waals surface area contributed by atoms with Crippen molar-refractivity contribution < 1.29 is 0 Å². The standard InChI is InChI=1S/C12H14Cl2N2/c1-7(2)16-11-5-4-9(14)6-10(11)15-12(16)8(3)13/h4-8H,1-3H3. The fourth-order valence-corrected chi connectivity index (χ4v) is 2.23. The van der Waals surface area contributed by atoms with Crippen molar-refractivity contribution in [2.75, 3.05) is 0 Å². The van der Waals surface area contributed by atoms with Crippen molar-refractivity contribution in [3.8, 4) is 0 Å². The van der Waals surface area contributed by atoms with E-state index >= 15 is 0 Å². The second kappa shape index (κ2) is 4.27. The number of imidazole rings is 1. The van der Waals surface area contributed by atoms with Crippen LogP contribution in [0.15, 0.2) is 18.2 Å². The molecule has 86 valence electrons. The normalized spacial score (nSPS) is 13.6. The van der Waals surface area contributed by atoms with E-state index in [0.29, 0.717) is 11.1 Å². The summed E-state index contributed by atoms with van der Waals surface area (Å²) in [6.45, 7) is 6.18. The summed E-state index contributed by atoms with van der Waals surface area (Å²) in [5.74, 6) is 0.897. The molecule has 2 aromatic rings. The van der Waals surface area contributed by atoms with Crippen molar-refractivity contribution >= 4 is 34.2 Å². The number of fused-ring (bicyclic) bond motifs is 1. The Morgan fingerprint density at radius 3 is 2.50 bits per heavy atom. The largest absolute Gasteiger partial charge is 0.324 e. The number of nitrogens with zero attached hydrogens (tertiary/aromatic N) is 2. The highest BCUT2D eigenvalue weighted by atomic mass is 35.5. The van der Waals surface area contributed by atoms with Gasteiger partial charge < -0.3 is 4.57 Å². The Balaban J connectivity index is 2.75. The molecule has 4 heteroatoms.